The highest BCUT2D eigenvalue weighted by Crippen LogP contribution is 2.17. The van der Waals surface area contributed by atoms with Crippen LogP contribution in [-0.4, -0.2) is 39.6 Å². The second kappa shape index (κ2) is 5.34. The van der Waals surface area contributed by atoms with Gasteiger partial charge in [-0.15, -0.1) is 11.3 Å². The number of aromatic nitrogens is 1. The number of rotatable bonds is 3. The Kier molecular flexibility index (Phi) is 3.81. The summed E-state index contributed by atoms with van der Waals surface area (Å²) in [5, 5.41) is 12.7. The van der Waals surface area contributed by atoms with Gasteiger partial charge in [-0.25, -0.2) is 14.6 Å². The minimum absolute atomic E-state index is 0.314. The molecule has 2 heterocycles. The van der Waals surface area contributed by atoms with Gasteiger partial charge in [0.15, 0.2) is 0 Å². The van der Waals surface area contributed by atoms with Crippen LogP contribution in [0.25, 0.3) is 0 Å². The zero-order chi connectivity index (χ0) is 13.1. The molecule has 0 aliphatic carbocycles. The number of aryl methyl sites for hydroxylation is 1. The lowest BCUT2D eigenvalue weighted by Crippen LogP contribution is -2.45. The predicted molar refractivity (Wildman–Crippen MR) is 66.5 cm³/mol. The maximum Gasteiger partial charge on any atom is 0.326 e. The van der Waals surface area contributed by atoms with E-state index in [2.05, 4.69) is 10.3 Å². The largest absolute Gasteiger partial charge is 0.480 e. The number of carbonyl (C=O) groups excluding carboxylic acids is 1. The zero-order valence-electron chi connectivity index (χ0n) is 10.0. The minimum atomic E-state index is -0.934. The van der Waals surface area contributed by atoms with Gasteiger partial charge in [-0.1, -0.05) is 0 Å². The van der Waals surface area contributed by atoms with Gasteiger partial charge < -0.3 is 15.3 Å². The summed E-state index contributed by atoms with van der Waals surface area (Å²) >= 11 is 1.52. The minimum Gasteiger partial charge on any atom is -0.480 e. The molecule has 2 amide bonds. The van der Waals surface area contributed by atoms with E-state index < -0.39 is 12.0 Å². The molecule has 0 bridgehead atoms. The molecule has 6 nitrogen and oxygen atoms in total. The maximum atomic E-state index is 11.9. The van der Waals surface area contributed by atoms with Gasteiger partial charge in [-0.2, -0.15) is 0 Å². The summed E-state index contributed by atoms with van der Waals surface area (Å²) < 4.78 is 0. The number of carbonyl (C=O) groups is 2. The predicted octanol–water partition coefficient (Wildman–Crippen LogP) is 1.21. The summed E-state index contributed by atoms with van der Waals surface area (Å²) in [6, 6.07) is -1.00. The van der Waals surface area contributed by atoms with Crippen molar-refractivity contribution in [2.24, 2.45) is 0 Å². The Morgan fingerprint density at radius 3 is 3.06 bits per heavy atom. The van der Waals surface area contributed by atoms with Crippen LogP contribution in [0.4, 0.5) is 4.79 Å². The third kappa shape index (κ3) is 2.79. The molecule has 1 aromatic heterocycles. The van der Waals surface area contributed by atoms with Crippen LogP contribution in [0.3, 0.4) is 0 Å². The Bertz CT molecular complexity index is 460. The van der Waals surface area contributed by atoms with Gasteiger partial charge in [0, 0.05) is 17.6 Å². The van der Waals surface area contributed by atoms with E-state index in [1.165, 1.54) is 16.2 Å². The molecule has 0 saturated carbocycles. The lowest BCUT2D eigenvalue weighted by Gasteiger charge is -2.21. The van der Waals surface area contributed by atoms with Gasteiger partial charge in [0.2, 0.25) is 0 Å². The van der Waals surface area contributed by atoms with E-state index in [1.807, 2.05) is 6.92 Å². The van der Waals surface area contributed by atoms with Crippen LogP contribution in [0.15, 0.2) is 6.20 Å². The summed E-state index contributed by atoms with van der Waals surface area (Å²) in [4.78, 5) is 29.3. The van der Waals surface area contributed by atoms with Crippen molar-refractivity contribution in [3.8, 4) is 0 Å². The molecule has 1 saturated heterocycles. The van der Waals surface area contributed by atoms with Crippen LogP contribution in [0.5, 0.6) is 0 Å². The van der Waals surface area contributed by atoms with Crippen molar-refractivity contribution in [3.63, 3.8) is 0 Å². The molecule has 0 aromatic carbocycles. The molecule has 1 aromatic rings. The standard InChI is InChI=1S/C11H15N3O3S/c1-7-12-5-8(18-7)6-13-11(17)14-4-2-3-9(14)10(15)16/h5,9H,2-4,6H2,1H3,(H,13,17)(H,15,16). The van der Waals surface area contributed by atoms with Crippen molar-refractivity contribution in [3.05, 3.63) is 16.1 Å². The van der Waals surface area contributed by atoms with Crippen molar-refractivity contribution in [2.45, 2.75) is 32.4 Å². The van der Waals surface area contributed by atoms with E-state index in [9.17, 15) is 9.59 Å². The fraction of sp³-hybridized carbons (Fsp3) is 0.545. The number of urea groups is 1. The first-order chi connectivity index (χ1) is 8.58. The number of nitrogens with zero attached hydrogens (tertiary/aromatic N) is 2. The molecule has 2 rings (SSSR count). The van der Waals surface area contributed by atoms with E-state index >= 15 is 0 Å². The van der Waals surface area contributed by atoms with Gasteiger partial charge in [-0.05, 0) is 19.8 Å². The van der Waals surface area contributed by atoms with Crippen LogP contribution >= 0.6 is 11.3 Å². The molecule has 98 valence electrons. The SMILES string of the molecule is Cc1ncc(CNC(=O)N2CCCC2C(=O)O)s1. The Hall–Kier alpha value is -1.63. The second-order valence-corrected chi connectivity index (χ2v) is 5.51. The van der Waals surface area contributed by atoms with Gasteiger partial charge in [0.05, 0.1) is 11.6 Å². The van der Waals surface area contributed by atoms with E-state index in [1.54, 1.807) is 6.20 Å². The maximum absolute atomic E-state index is 11.9. The lowest BCUT2D eigenvalue weighted by molar-refractivity contribution is -0.141. The van der Waals surface area contributed by atoms with Gasteiger partial charge in [-0.3, -0.25) is 0 Å². The third-order valence-corrected chi connectivity index (χ3v) is 3.79. The molecule has 1 aliphatic heterocycles. The monoisotopic (exact) mass is 269 g/mol. The number of hydrogen-bond acceptors (Lipinski definition) is 4. The number of thiazole rings is 1. The molecular formula is C11H15N3O3S. The number of amides is 2. The first-order valence-corrected chi connectivity index (χ1v) is 6.58. The van der Waals surface area contributed by atoms with Gasteiger partial charge in [0.1, 0.15) is 6.04 Å². The number of carboxylic acids is 1. The molecule has 1 unspecified atom stereocenters. The number of hydrogen-bond donors (Lipinski definition) is 2. The van der Waals surface area contributed by atoms with E-state index in [-0.39, 0.29) is 6.03 Å². The van der Waals surface area contributed by atoms with E-state index in [0.717, 1.165) is 16.3 Å². The van der Waals surface area contributed by atoms with Crippen LogP contribution in [-0.2, 0) is 11.3 Å². The topological polar surface area (TPSA) is 82.5 Å². The number of likely N-dealkylation sites (tertiary alicyclic amines) is 1. The average molecular weight is 269 g/mol. The molecule has 2 N–H and O–H groups in total. The first kappa shape index (κ1) is 12.8. The van der Waals surface area contributed by atoms with Gasteiger partial charge in [0.25, 0.3) is 0 Å². The summed E-state index contributed by atoms with van der Waals surface area (Å²) in [6.07, 6.45) is 2.99. The highest BCUT2D eigenvalue weighted by atomic mass is 32.1. The Morgan fingerprint density at radius 1 is 1.67 bits per heavy atom. The Balaban J connectivity index is 1.89. The molecule has 18 heavy (non-hydrogen) atoms. The molecule has 1 atom stereocenters. The van der Waals surface area contributed by atoms with Crippen LogP contribution in [0.1, 0.15) is 22.7 Å². The van der Waals surface area contributed by atoms with Crippen LogP contribution < -0.4 is 5.32 Å². The molecule has 0 spiro atoms. The average Bonchev–Trinajstić information content (AvgIpc) is 2.94. The van der Waals surface area contributed by atoms with E-state index in [0.29, 0.717) is 19.5 Å². The lowest BCUT2D eigenvalue weighted by atomic mass is 10.2. The molecule has 0 radical (unpaired) electrons. The second-order valence-electron chi connectivity index (χ2n) is 4.19. The highest BCUT2D eigenvalue weighted by Gasteiger charge is 2.33. The van der Waals surface area contributed by atoms with Crippen LogP contribution in [0.2, 0.25) is 0 Å². The summed E-state index contributed by atoms with van der Waals surface area (Å²) in [5.41, 5.74) is 0. The van der Waals surface area contributed by atoms with Crippen molar-refractivity contribution in [2.75, 3.05) is 6.54 Å². The number of aliphatic carboxylic acids is 1. The van der Waals surface area contributed by atoms with Crippen molar-refractivity contribution >= 4 is 23.3 Å². The Morgan fingerprint density at radius 2 is 2.44 bits per heavy atom. The summed E-state index contributed by atoms with van der Waals surface area (Å²) in [6.45, 7) is 2.80. The smallest absolute Gasteiger partial charge is 0.326 e. The highest BCUT2D eigenvalue weighted by molar-refractivity contribution is 7.11. The summed E-state index contributed by atoms with van der Waals surface area (Å²) in [7, 11) is 0. The van der Waals surface area contributed by atoms with Crippen molar-refractivity contribution in [1.29, 1.82) is 0 Å². The normalized spacial score (nSPS) is 18.9. The quantitative estimate of drug-likeness (QED) is 0.864. The van der Waals surface area contributed by atoms with E-state index in [4.69, 9.17) is 5.11 Å². The number of carboxylic acid groups (broad SMARTS) is 1. The molecule has 1 fully saturated rings. The van der Waals surface area contributed by atoms with Gasteiger partial charge >= 0.3 is 12.0 Å². The summed E-state index contributed by atoms with van der Waals surface area (Å²) in [5.74, 6) is -0.934. The van der Waals surface area contributed by atoms with Crippen molar-refractivity contribution in [1.82, 2.24) is 15.2 Å². The fourth-order valence-corrected chi connectivity index (χ4v) is 2.75. The fourth-order valence-electron chi connectivity index (χ4n) is 2.02. The number of nitrogens with one attached hydrogen (secondary N) is 1. The molecular weight excluding hydrogens is 254 g/mol. The van der Waals surface area contributed by atoms with Crippen molar-refractivity contribution < 1.29 is 14.7 Å². The first-order valence-electron chi connectivity index (χ1n) is 5.76. The molecule has 1 aliphatic rings. The third-order valence-electron chi connectivity index (χ3n) is 2.88. The molecule has 7 heteroatoms. The Labute approximate surface area is 109 Å². The van der Waals surface area contributed by atoms with Crippen LogP contribution in [0, 0.1) is 6.92 Å². The zero-order valence-corrected chi connectivity index (χ0v) is 10.9.